The molecule has 6 heteroatoms. The molecule has 0 spiro atoms. The lowest BCUT2D eigenvalue weighted by Gasteiger charge is -2.38. The second-order valence-corrected chi connectivity index (χ2v) is 7.72. The molecule has 2 amide bonds. The first-order valence-electron chi connectivity index (χ1n) is 8.80. The fraction of sp³-hybridized carbons (Fsp3) is 0.882. The van der Waals surface area contributed by atoms with E-state index in [9.17, 15) is 9.59 Å². The van der Waals surface area contributed by atoms with Crippen LogP contribution < -0.4 is 5.73 Å². The molecule has 1 aliphatic carbocycles. The normalized spacial score (nSPS) is 21.9. The molecule has 1 aliphatic heterocycles. The third kappa shape index (κ3) is 5.09. The molecule has 2 rings (SSSR count). The van der Waals surface area contributed by atoms with Gasteiger partial charge in [0.15, 0.2) is 0 Å². The summed E-state index contributed by atoms with van der Waals surface area (Å²) in [6, 6.07) is -0.386. The van der Waals surface area contributed by atoms with E-state index in [0.29, 0.717) is 32.1 Å². The standard InChI is InChI=1S/C17H31N3O3/c1-17(2,3)23-16(22)20-11-9-19(10-12-20)15(21)14(18)13-7-5-4-6-8-13/h13-14H,4-12,18H2,1-3H3. The maximum atomic E-state index is 12.6. The molecule has 1 saturated carbocycles. The average Bonchev–Trinajstić information content (AvgIpc) is 2.53. The highest BCUT2D eigenvalue weighted by molar-refractivity contribution is 5.82. The monoisotopic (exact) mass is 325 g/mol. The smallest absolute Gasteiger partial charge is 0.410 e. The quantitative estimate of drug-likeness (QED) is 0.842. The van der Waals surface area contributed by atoms with E-state index in [4.69, 9.17) is 10.5 Å². The van der Waals surface area contributed by atoms with Crippen LogP contribution in [0.5, 0.6) is 0 Å². The third-order valence-electron chi connectivity index (χ3n) is 4.69. The van der Waals surface area contributed by atoms with Gasteiger partial charge in [-0.3, -0.25) is 4.79 Å². The summed E-state index contributed by atoms with van der Waals surface area (Å²) < 4.78 is 5.37. The van der Waals surface area contributed by atoms with Gasteiger partial charge in [-0.05, 0) is 39.5 Å². The van der Waals surface area contributed by atoms with Crippen molar-refractivity contribution in [2.75, 3.05) is 26.2 Å². The minimum Gasteiger partial charge on any atom is -0.444 e. The van der Waals surface area contributed by atoms with Gasteiger partial charge in [0.1, 0.15) is 5.60 Å². The fourth-order valence-corrected chi connectivity index (χ4v) is 3.34. The lowest BCUT2D eigenvalue weighted by atomic mass is 9.83. The van der Waals surface area contributed by atoms with E-state index in [1.165, 1.54) is 19.3 Å². The van der Waals surface area contributed by atoms with Gasteiger partial charge in [-0.25, -0.2) is 4.79 Å². The number of ether oxygens (including phenoxy) is 1. The molecule has 2 N–H and O–H groups in total. The predicted molar refractivity (Wildman–Crippen MR) is 88.9 cm³/mol. The minimum atomic E-state index is -0.493. The molecule has 0 bridgehead atoms. The SMILES string of the molecule is CC(C)(C)OC(=O)N1CCN(C(=O)C(N)C2CCCCC2)CC1. The van der Waals surface area contributed by atoms with Crippen molar-refractivity contribution >= 4 is 12.0 Å². The van der Waals surface area contributed by atoms with Gasteiger partial charge in [-0.2, -0.15) is 0 Å². The highest BCUT2D eigenvalue weighted by Gasteiger charge is 2.33. The zero-order valence-electron chi connectivity index (χ0n) is 14.7. The van der Waals surface area contributed by atoms with Crippen LogP contribution in [0.1, 0.15) is 52.9 Å². The van der Waals surface area contributed by atoms with Gasteiger partial charge in [0, 0.05) is 26.2 Å². The van der Waals surface area contributed by atoms with Crippen LogP contribution in [0.3, 0.4) is 0 Å². The molecule has 6 nitrogen and oxygen atoms in total. The van der Waals surface area contributed by atoms with Gasteiger partial charge in [-0.15, -0.1) is 0 Å². The molecule has 0 aromatic rings. The molecule has 0 radical (unpaired) electrons. The first-order chi connectivity index (χ1) is 10.8. The van der Waals surface area contributed by atoms with Crippen LogP contribution in [0, 0.1) is 5.92 Å². The zero-order valence-corrected chi connectivity index (χ0v) is 14.7. The van der Waals surface area contributed by atoms with E-state index in [1.54, 1.807) is 9.80 Å². The fourth-order valence-electron chi connectivity index (χ4n) is 3.34. The highest BCUT2D eigenvalue weighted by Crippen LogP contribution is 2.26. The first kappa shape index (κ1) is 18.0. The van der Waals surface area contributed by atoms with Crippen molar-refractivity contribution in [1.82, 2.24) is 9.80 Å². The summed E-state index contributed by atoms with van der Waals surface area (Å²) in [6.45, 7) is 7.67. The second kappa shape index (κ2) is 7.51. The average molecular weight is 325 g/mol. The van der Waals surface area contributed by atoms with E-state index < -0.39 is 5.60 Å². The van der Waals surface area contributed by atoms with Crippen LogP contribution in [0.15, 0.2) is 0 Å². The molecule has 2 aliphatic rings. The maximum absolute atomic E-state index is 12.6. The highest BCUT2D eigenvalue weighted by atomic mass is 16.6. The molecule has 132 valence electrons. The van der Waals surface area contributed by atoms with Crippen LogP contribution in [-0.2, 0) is 9.53 Å². The number of nitrogens with zero attached hydrogens (tertiary/aromatic N) is 2. The molecular formula is C17H31N3O3. The van der Waals surface area contributed by atoms with Gasteiger partial charge < -0.3 is 20.3 Å². The van der Waals surface area contributed by atoms with Gasteiger partial charge in [0.25, 0.3) is 0 Å². The van der Waals surface area contributed by atoms with Gasteiger partial charge in [-0.1, -0.05) is 19.3 Å². The molecule has 1 unspecified atom stereocenters. The van der Waals surface area contributed by atoms with E-state index in [-0.39, 0.29) is 18.0 Å². The zero-order chi connectivity index (χ0) is 17.0. The number of rotatable bonds is 2. The summed E-state index contributed by atoms with van der Waals surface area (Å²) in [5.74, 6) is 0.362. The first-order valence-corrected chi connectivity index (χ1v) is 8.80. The summed E-state index contributed by atoms with van der Waals surface area (Å²) >= 11 is 0. The Kier molecular flexibility index (Phi) is 5.89. The van der Waals surface area contributed by atoms with Crippen molar-refractivity contribution in [2.24, 2.45) is 11.7 Å². The lowest BCUT2D eigenvalue weighted by Crippen LogP contribution is -2.56. The predicted octanol–water partition coefficient (Wildman–Crippen LogP) is 1.97. The van der Waals surface area contributed by atoms with Crippen molar-refractivity contribution in [2.45, 2.75) is 64.5 Å². The van der Waals surface area contributed by atoms with Crippen LogP contribution in [0.25, 0.3) is 0 Å². The number of amides is 2. The van der Waals surface area contributed by atoms with Crippen LogP contribution in [-0.4, -0.2) is 59.6 Å². The van der Waals surface area contributed by atoms with Crippen molar-refractivity contribution in [1.29, 1.82) is 0 Å². The summed E-state index contributed by atoms with van der Waals surface area (Å²) in [5.41, 5.74) is 5.71. The molecule has 23 heavy (non-hydrogen) atoms. The molecule has 2 fully saturated rings. The van der Waals surface area contributed by atoms with Crippen molar-refractivity contribution in [3.05, 3.63) is 0 Å². The topological polar surface area (TPSA) is 75.9 Å². The van der Waals surface area contributed by atoms with Crippen LogP contribution in [0.2, 0.25) is 0 Å². The summed E-state index contributed by atoms with van der Waals surface area (Å²) in [6.07, 6.45) is 5.43. The van der Waals surface area contributed by atoms with Crippen molar-refractivity contribution < 1.29 is 14.3 Å². The Morgan fingerprint density at radius 1 is 1.00 bits per heavy atom. The Labute approximate surface area is 139 Å². The summed E-state index contributed by atoms with van der Waals surface area (Å²) in [5, 5.41) is 0. The lowest BCUT2D eigenvalue weighted by molar-refractivity contribution is -0.135. The number of nitrogens with two attached hydrogens (primary N) is 1. The number of hydrogen-bond acceptors (Lipinski definition) is 4. The molecule has 1 atom stereocenters. The Bertz CT molecular complexity index is 419. The molecule has 1 heterocycles. The molecule has 0 aromatic carbocycles. The Hall–Kier alpha value is -1.30. The van der Waals surface area contributed by atoms with Crippen LogP contribution >= 0.6 is 0 Å². The number of hydrogen-bond donors (Lipinski definition) is 1. The van der Waals surface area contributed by atoms with E-state index >= 15 is 0 Å². The third-order valence-corrected chi connectivity index (χ3v) is 4.69. The van der Waals surface area contributed by atoms with E-state index in [2.05, 4.69) is 0 Å². The van der Waals surface area contributed by atoms with Gasteiger partial charge >= 0.3 is 6.09 Å². The summed E-state index contributed by atoms with van der Waals surface area (Å²) in [4.78, 5) is 28.1. The minimum absolute atomic E-state index is 0.0424. The number of carbonyl (C=O) groups excluding carboxylic acids is 2. The molecule has 1 saturated heterocycles. The van der Waals surface area contributed by atoms with E-state index in [0.717, 1.165) is 12.8 Å². The number of piperazine rings is 1. The molecule has 0 aromatic heterocycles. The Balaban J connectivity index is 1.81. The largest absolute Gasteiger partial charge is 0.444 e. The Morgan fingerprint density at radius 2 is 1.52 bits per heavy atom. The van der Waals surface area contributed by atoms with Crippen molar-refractivity contribution in [3.63, 3.8) is 0 Å². The summed E-state index contributed by atoms with van der Waals surface area (Å²) in [7, 11) is 0. The van der Waals surface area contributed by atoms with Gasteiger partial charge in [0.05, 0.1) is 6.04 Å². The number of carbonyl (C=O) groups is 2. The molecular weight excluding hydrogens is 294 g/mol. The van der Waals surface area contributed by atoms with Gasteiger partial charge in [0.2, 0.25) is 5.91 Å². The van der Waals surface area contributed by atoms with Crippen molar-refractivity contribution in [3.8, 4) is 0 Å². The Morgan fingerprint density at radius 3 is 2.04 bits per heavy atom. The van der Waals surface area contributed by atoms with E-state index in [1.807, 2.05) is 20.8 Å². The maximum Gasteiger partial charge on any atom is 0.410 e. The second-order valence-electron chi connectivity index (χ2n) is 7.72. The van der Waals surface area contributed by atoms with Crippen LogP contribution in [0.4, 0.5) is 4.79 Å².